The summed E-state index contributed by atoms with van der Waals surface area (Å²) in [6, 6.07) is 13.6. The summed E-state index contributed by atoms with van der Waals surface area (Å²) in [5.41, 5.74) is 1.90. The molecule has 0 aliphatic rings. The minimum absolute atomic E-state index is 0.159. The number of ether oxygens (including phenoxy) is 1. The first kappa shape index (κ1) is 20.0. The summed E-state index contributed by atoms with van der Waals surface area (Å²) < 4.78 is 5.00. The first-order valence-electron chi connectivity index (χ1n) is 8.16. The highest BCUT2D eigenvalue weighted by molar-refractivity contribution is 6.31. The first-order valence-corrected chi connectivity index (χ1v) is 8.54. The molecule has 0 aliphatic carbocycles. The van der Waals surface area contributed by atoms with Crippen LogP contribution in [0.1, 0.15) is 22.8 Å². The molecule has 138 valence electrons. The fraction of sp³-hybridized carbons (Fsp3) is 0.150. The van der Waals surface area contributed by atoms with Crippen molar-refractivity contribution in [2.24, 2.45) is 0 Å². The van der Waals surface area contributed by atoms with Crippen molar-refractivity contribution in [2.45, 2.75) is 13.8 Å². The quantitative estimate of drug-likeness (QED) is 0.441. The molecular formula is C20H18ClN3O3. The van der Waals surface area contributed by atoms with Crippen LogP contribution in [0.5, 0.6) is 0 Å². The molecule has 0 saturated heterocycles. The van der Waals surface area contributed by atoms with Gasteiger partial charge in [0.05, 0.1) is 17.9 Å². The highest BCUT2D eigenvalue weighted by Gasteiger charge is 2.14. The third-order valence-electron chi connectivity index (χ3n) is 3.61. The number of rotatable bonds is 6. The topological polar surface area (TPSA) is 91.2 Å². The molecule has 0 saturated carbocycles. The second kappa shape index (κ2) is 9.41. The van der Waals surface area contributed by atoms with E-state index in [4.69, 9.17) is 16.3 Å². The van der Waals surface area contributed by atoms with Crippen LogP contribution in [-0.2, 0) is 9.53 Å². The molecule has 0 heterocycles. The van der Waals surface area contributed by atoms with Gasteiger partial charge in [0.2, 0.25) is 0 Å². The van der Waals surface area contributed by atoms with E-state index in [9.17, 15) is 14.9 Å². The molecule has 2 rings (SSSR count). The largest absolute Gasteiger partial charge is 0.462 e. The summed E-state index contributed by atoms with van der Waals surface area (Å²) in [5, 5.41) is 15.2. The molecule has 1 amide bonds. The third-order valence-corrected chi connectivity index (χ3v) is 3.84. The van der Waals surface area contributed by atoms with Gasteiger partial charge in [-0.15, -0.1) is 0 Å². The van der Waals surface area contributed by atoms with Gasteiger partial charge in [-0.05, 0) is 43.7 Å². The average Bonchev–Trinajstić information content (AvgIpc) is 2.65. The zero-order chi connectivity index (χ0) is 19.8. The predicted molar refractivity (Wildman–Crippen MR) is 105 cm³/mol. The lowest BCUT2D eigenvalue weighted by molar-refractivity contribution is -0.112. The number of hydrogen-bond acceptors (Lipinski definition) is 5. The van der Waals surface area contributed by atoms with E-state index in [-0.39, 0.29) is 12.2 Å². The summed E-state index contributed by atoms with van der Waals surface area (Å²) in [6.07, 6.45) is 1.24. The second-order valence-corrected chi connectivity index (χ2v) is 5.93. The Hall–Kier alpha value is -3.30. The molecule has 0 bridgehead atoms. The highest BCUT2D eigenvalue weighted by Crippen LogP contribution is 2.21. The Labute approximate surface area is 162 Å². The molecule has 0 fully saturated rings. The maximum absolute atomic E-state index is 12.4. The number of para-hydroxylation sites is 1. The van der Waals surface area contributed by atoms with Crippen LogP contribution in [0.25, 0.3) is 0 Å². The zero-order valence-electron chi connectivity index (χ0n) is 14.9. The van der Waals surface area contributed by atoms with Crippen molar-refractivity contribution in [1.82, 2.24) is 0 Å². The number of nitrogens with zero attached hydrogens (tertiary/aromatic N) is 1. The van der Waals surface area contributed by atoms with Crippen molar-refractivity contribution < 1.29 is 14.3 Å². The Bertz CT molecular complexity index is 932. The van der Waals surface area contributed by atoms with Gasteiger partial charge >= 0.3 is 5.97 Å². The van der Waals surface area contributed by atoms with Gasteiger partial charge in [-0.3, -0.25) is 4.79 Å². The van der Waals surface area contributed by atoms with Gasteiger partial charge in [0.25, 0.3) is 5.91 Å². The third kappa shape index (κ3) is 5.33. The summed E-state index contributed by atoms with van der Waals surface area (Å²) >= 11 is 5.94. The van der Waals surface area contributed by atoms with E-state index in [1.807, 2.05) is 13.0 Å². The number of nitrogens with one attached hydrogen (secondary N) is 2. The number of nitriles is 1. The van der Waals surface area contributed by atoms with Crippen LogP contribution in [-0.4, -0.2) is 18.5 Å². The lowest BCUT2D eigenvalue weighted by atomic mass is 10.1. The van der Waals surface area contributed by atoms with Crippen LogP contribution < -0.4 is 10.6 Å². The SMILES string of the molecule is CCOC(=O)c1ccccc1N/C=C(/C#N)C(=O)Nc1cc(Cl)ccc1C. The number of esters is 1. The Kier molecular flexibility index (Phi) is 6.98. The fourth-order valence-electron chi connectivity index (χ4n) is 2.21. The monoisotopic (exact) mass is 383 g/mol. The van der Waals surface area contributed by atoms with Crippen LogP contribution in [0, 0.1) is 18.3 Å². The minimum Gasteiger partial charge on any atom is -0.462 e. The van der Waals surface area contributed by atoms with Gasteiger partial charge in [0, 0.05) is 16.9 Å². The number of benzene rings is 2. The second-order valence-electron chi connectivity index (χ2n) is 5.49. The van der Waals surface area contributed by atoms with Gasteiger partial charge in [0.15, 0.2) is 0 Å². The number of carbonyl (C=O) groups excluding carboxylic acids is 2. The van der Waals surface area contributed by atoms with E-state index in [0.29, 0.717) is 22.0 Å². The first-order chi connectivity index (χ1) is 13.0. The lowest BCUT2D eigenvalue weighted by Gasteiger charge is -2.10. The average molecular weight is 384 g/mol. The molecule has 2 N–H and O–H groups in total. The van der Waals surface area contributed by atoms with Crippen LogP contribution in [0.3, 0.4) is 0 Å². The van der Waals surface area contributed by atoms with Gasteiger partial charge < -0.3 is 15.4 Å². The van der Waals surface area contributed by atoms with Crippen molar-refractivity contribution in [3.05, 3.63) is 70.4 Å². The Morgan fingerprint density at radius 2 is 1.96 bits per heavy atom. The Morgan fingerprint density at radius 3 is 2.67 bits per heavy atom. The summed E-state index contributed by atoms with van der Waals surface area (Å²) in [6.45, 7) is 3.77. The highest BCUT2D eigenvalue weighted by atomic mass is 35.5. The molecule has 0 radical (unpaired) electrons. The zero-order valence-corrected chi connectivity index (χ0v) is 15.6. The van der Waals surface area contributed by atoms with Gasteiger partial charge in [-0.25, -0.2) is 4.79 Å². The van der Waals surface area contributed by atoms with Crippen LogP contribution in [0.2, 0.25) is 5.02 Å². The summed E-state index contributed by atoms with van der Waals surface area (Å²) in [4.78, 5) is 24.4. The normalized spacial score (nSPS) is 10.7. The molecule has 2 aromatic rings. The van der Waals surface area contributed by atoms with Gasteiger partial charge in [-0.2, -0.15) is 5.26 Å². The maximum Gasteiger partial charge on any atom is 0.340 e. The maximum atomic E-state index is 12.4. The van der Waals surface area contributed by atoms with E-state index in [1.54, 1.807) is 49.4 Å². The standard InChI is InChI=1S/C20H18ClN3O3/c1-3-27-20(26)16-6-4-5-7-17(16)23-12-14(11-22)19(25)24-18-10-15(21)9-8-13(18)2/h4-10,12,23H,3H2,1-2H3,(H,24,25)/b14-12-. The molecule has 0 aliphatic heterocycles. The molecule has 0 aromatic heterocycles. The van der Waals surface area contributed by atoms with E-state index in [2.05, 4.69) is 10.6 Å². The minimum atomic E-state index is -0.594. The fourth-order valence-corrected chi connectivity index (χ4v) is 2.38. The van der Waals surface area contributed by atoms with Crippen molar-refractivity contribution in [1.29, 1.82) is 5.26 Å². The summed E-state index contributed by atoms with van der Waals surface area (Å²) in [7, 11) is 0. The molecule has 0 unspecified atom stereocenters. The van der Waals surface area contributed by atoms with Crippen molar-refractivity contribution in [2.75, 3.05) is 17.2 Å². The Balaban J connectivity index is 2.20. The van der Waals surface area contributed by atoms with E-state index >= 15 is 0 Å². The molecule has 0 atom stereocenters. The van der Waals surface area contributed by atoms with Crippen molar-refractivity contribution in [3.63, 3.8) is 0 Å². The summed E-state index contributed by atoms with van der Waals surface area (Å²) in [5.74, 6) is -1.09. The predicted octanol–water partition coefficient (Wildman–Crippen LogP) is 4.28. The number of anilines is 2. The van der Waals surface area contributed by atoms with Gasteiger partial charge in [-0.1, -0.05) is 29.8 Å². The number of halogens is 1. The Morgan fingerprint density at radius 1 is 1.22 bits per heavy atom. The molecule has 2 aromatic carbocycles. The van der Waals surface area contributed by atoms with Crippen LogP contribution in [0.4, 0.5) is 11.4 Å². The molecule has 27 heavy (non-hydrogen) atoms. The smallest absolute Gasteiger partial charge is 0.340 e. The number of amides is 1. The molecule has 6 nitrogen and oxygen atoms in total. The molecular weight excluding hydrogens is 366 g/mol. The van der Waals surface area contributed by atoms with E-state index in [1.165, 1.54) is 6.20 Å². The van der Waals surface area contributed by atoms with Crippen LogP contribution >= 0.6 is 11.6 Å². The number of aryl methyl sites for hydroxylation is 1. The van der Waals surface area contributed by atoms with Crippen molar-refractivity contribution >= 4 is 34.9 Å². The van der Waals surface area contributed by atoms with Crippen molar-refractivity contribution in [3.8, 4) is 6.07 Å². The van der Waals surface area contributed by atoms with E-state index in [0.717, 1.165) is 5.56 Å². The lowest BCUT2D eigenvalue weighted by Crippen LogP contribution is -2.15. The number of hydrogen-bond donors (Lipinski definition) is 2. The number of carbonyl (C=O) groups is 2. The van der Waals surface area contributed by atoms with Crippen LogP contribution in [0.15, 0.2) is 54.2 Å². The van der Waals surface area contributed by atoms with E-state index < -0.39 is 11.9 Å². The van der Waals surface area contributed by atoms with Gasteiger partial charge in [0.1, 0.15) is 11.6 Å². The molecule has 0 spiro atoms. The molecule has 7 heteroatoms.